The monoisotopic (exact) mass is 316 g/mol. The number of amidine groups is 1. The van der Waals surface area contributed by atoms with Crippen LogP contribution in [0.5, 0.6) is 0 Å². The molecule has 1 aromatic rings. The van der Waals surface area contributed by atoms with Gasteiger partial charge < -0.3 is 9.73 Å². The van der Waals surface area contributed by atoms with E-state index in [9.17, 15) is 14.4 Å². The highest BCUT2D eigenvalue weighted by atomic mass is 16.3. The minimum absolute atomic E-state index is 0.0562. The van der Waals surface area contributed by atoms with Gasteiger partial charge in [0.25, 0.3) is 5.91 Å². The van der Waals surface area contributed by atoms with Crippen molar-refractivity contribution in [1.82, 2.24) is 15.5 Å². The van der Waals surface area contributed by atoms with E-state index in [0.717, 1.165) is 6.42 Å². The average molecular weight is 316 g/mol. The molecular formula is C15H16N4O4. The van der Waals surface area contributed by atoms with Gasteiger partial charge in [-0.15, -0.1) is 0 Å². The Labute approximate surface area is 132 Å². The van der Waals surface area contributed by atoms with E-state index in [4.69, 9.17) is 4.42 Å². The highest BCUT2D eigenvalue weighted by molar-refractivity contribution is 6.07. The van der Waals surface area contributed by atoms with Crippen molar-refractivity contribution in [2.24, 2.45) is 4.99 Å². The molecule has 23 heavy (non-hydrogen) atoms. The first kappa shape index (κ1) is 15.0. The molecule has 2 saturated heterocycles. The van der Waals surface area contributed by atoms with Gasteiger partial charge in [0.2, 0.25) is 5.91 Å². The van der Waals surface area contributed by atoms with Gasteiger partial charge in [-0.25, -0.2) is 4.79 Å². The van der Waals surface area contributed by atoms with Crippen LogP contribution in [0.2, 0.25) is 0 Å². The molecule has 1 atom stereocenters. The van der Waals surface area contributed by atoms with E-state index in [0.29, 0.717) is 30.3 Å². The second-order valence-electron chi connectivity index (χ2n) is 5.20. The molecule has 0 spiro atoms. The third-order valence-corrected chi connectivity index (χ3v) is 3.68. The van der Waals surface area contributed by atoms with Crippen LogP contribution in [0.4, 0.5) is 4.79 Å². The first-order chi connectivity index (χ1) is 11.1. The number of nitrogens with one attached hydrogen (secondary N) is 2. The lowest BCUT2D eigenvalue weighted by Gasteiger charge is -2.14. The zero-order valence-electron chi connectivity index (χ0n) is 12.5. The van der Waals surface area contributed by atoms with Gasteiger partial charge in [-0.3, -0.25) is 24.8 Å². The first-order valence-corrected chi connectivity index (χ1v) is 7.25. The van der Waals surface area contributed by atoms with Crippen LogP contribution in [0.25, 0.3) is 6.08 Å². The fraction of sp³-hybridized carbons (Fsp3) is 0.333. The SMILES string of the molecule is CN=C(/C=C\c1ccc(C2NC(=O)NC2=O)o1)N1CCCC1=O. The number of imide groups is 1. The molecule has 8 nitrogen and oxygen atoms in total. The summed E-state index contributed by atoms with van der Waals surface area (Å²) in [5.41, 5.74) is 0. The molecule has 0 aliphatic carbocycles. The summed E-state index contributed by atoms with van der Waals surface area (Å²) in [6, 6.07) is 1.95. The van der Waals surface area contributed by atoms with Crippen LogP contribution in [0.15, 0.2) is 27.6 Å². The molecule has 2 aliphatic heterocycles. The highest BCUT2D eigenvalue weighted by Gasteiger charge is 2.33. The van der Waals surface area contributed by atoms with Gasteiger partial charge >= 0.3 is 6.03 Å². The topological polar surface area (TPSA) is 104 Å². The lowest BCUT2D eigenvalue weighted by molar-refractivity contribution is -0.124. The molecule has 1 unspecified atom stereocenters. The molecule has 0 saturated carbocycles. The number of carbonyl (C=O) groups excluding carboxylic acids is 3. The van der Waals surface area contributed by atoms with Crippen molar-refractivity contribution in [1.29, 1.82) is 0 Å². The second kappa shape index (κ2) is 6.07. The summed E-state index contributed by atoms with van der Waals surface area (Å²) < 4.78 is 5.55. The maximum absolute atomic E-state index is 11.7. The normalized spacial score (nSPS) is 22.1. The van der Waals surface area contributed by atoms with E-state index in [-0.39, 0.29) is 5.91 Å². The number of furan rings is 1. The van der Waals surface area contributed by atoms with Crippen LogP contribution in [0.3, 0.4) is 0 Å². The predicted molar refractivity (Wildman–Crippen MR) is 81.5 cm³/mol. The largest absolute Gasteiger partial charge is 0.459 e. The number of urea groups is 1. The van der Waals surface area contributed by atoms with Crippen molar-refractivity contribution in [2.45, 2.75) is 18.9 Å². The molecule has 120 valence electrons. The standard InChI is InChI=1S/C15H16N4O4/c1-16-11(19-8-2-3-12(19)20)7-5-9-4-6-10(23-9)13-14(21)18-15(22)17-13/h4-7,13H,2-3,8H2,1H3,(H2,17,18,21,22)/b7-5-,16-11?. The number of hydrogen-bond donors (Lipinski definition) is 2. The number of likely N-dealkylation sites (tertiary alicyclic amines) is 1. The highest BCUT2D eigenvalue weighted by Crippen LogP contribution is 2.20. The van der Waals surface area contributed by atoms with Crippen LogP contribution in [0.1, 0.15) is 30.4 Å². The molecule has 1 aromatic heterocycles. The quantitative estimate of drug-likeness (QED) is 0.489. The van der Waals surface area contributed by atoms with E-state index >= 15 is 0 Å². The molecule has 8 heteroatoms. The minimum Gasteiger partial charge on any atom is -0.459 e. The lowest BCUT2D eigenvalue weighted by Crippen LogP contribution is -2.30. The third kappa shape index (κ3) is 3.01. The number of amides is 4. The van der Waals surface area contributed by atoms with Gasteiger partial charge in [0.15, 0.2) is 6.04 Å². The Morgan fingerprint density at radius 2 is 2.22 bits per heavy atom. The molecule has 0 radical (unpaired) electrons. The number of rotatable bonds is 3. The van der Waals surface area contributed by atoms with Crippen molar-refractivity contribution in [3.05, 3.63) is 29.7 Å². The Hall–Kier alpha value is -2.90. The van der Waals surface area contributed by atoms with Crippen molar-refractivity contribution in [2.75, 3.05) is 13.6 Å². The second-order valence-corrected chi connectivity index (χ2v) is 5.20. The summed E-state index contributed by atoms with van der Waals surface area (Å²) in [6.45, 7) is 0.660. The number of hydrogen-bond acceptors (Lipinski definition) is 5. The van der Waals surface area contributed by atoms with Gasteiger partial charge in [0.1, 0.15) is 17.4 Å². The van der Waals surface area contributed by atoms with Crippen molar-refractivity contribution in [3.8, 4) is 0 Å². The van der Waals surface area contributed by atoms with E-state index in [1.807, 2.05) is 0 Å². The summed E-state index contributed by atoms with van der Waals surface area (Å²) >= 11 is 0. The van der Waals surface area contributed by atoms with E-state index in [1.54, 1.807) is 36.2 Å². The third-order valence-electron chi connectivity index (χ3n) is 3.68. The average Bonchev–Trinajstić information content (AvgIpc) is 3.21. The minimum atomic E-state index is -0.816. The summed E-state index contributed by atoms with van der Waals surface area (Å²) in [5.74, 6) is 1.03. The maximum atomic E-state index is 11.7. The van der Waals surface area contributed by atoms with Crippen LogP contribution in [-0.4, -0.2) is 42.2 Å². The molecule has 3 rings (SSSR count). The van der Waals surface area contributed by atoms with Crippen molar-refractivity contribution in [3.63, 3.8) is 0 Å². The van der Waals surface area contributed by atoms with Crippen molar-refractivity contribution < 1.29 is 18.8 Å². The first-order valence-electron chi connectivity index (χ1n) is 7.25. The fourth-order valence-corrected chi connectivity index (χ4v) is 2.56. The Bertz CT molecular complexity index is 719. The summed E-state index contributed by atoms with van der Waals surface area (Å²) in [6.07, 6.45) is 4.73. The molecular weight excluding hydrogens is 300 g/mol. The summed E-state index contributed by atoms with van der Waals surface area (Å²) in [7, 11) is 1.62. The summed E-state index contributed by atoms with van der Waals surface area (Å²) in [5, 5.41) is 4.61. The van der Waals surface area contributed by atoms with Gasteiger partial charge in [0.05, 0.1) is 0 Å². The molecule has 0 bridgehead atoms. The molecule has 2 aliphatic rings. The van der Waals surface area contributed by atoms with Gasteiger partial charge in [-0.05, 0) is 30.7 Å². The Kier molecular flexibility index (Phi) is 3.96. The van der Waals surface area contributed by atoms with Gasteiger partial charge in [-0.1, -0.05) is 0 Å². The Morgan fingerprint density at radius 3 is 2.83 bits per heavy atom. The van der Waals surface area contributed by atoms with Gasteiger partial charge in [-0.2, -0.15) is 0 Å². The number of carbonyl (C=O) groups is 3. The van der Waals surface area contributed by atoms with Crippen LogP contribution >= 0.6 is 0 Å². The predicted octanol–water partition coefficient (Wildman–Crippen LogP) is 0.824. The van der Waals surface area contributed by atoms with Crippen LogP contribution < -0.4 is 10.6 Å². The van der Waals surface area contributed by atoms with E-state index < -0.39 is 18.0 Å². The number of nitrogens with zero attached hydrogens (tertiary/aromatic N) is 2. The number of aliphatic imine (C=N–C) groups is 1. The molecule has 3 heterocycles. The molecule has 0 aromatic carbocycles. The zero-order valence-corrected chi connectivity index (χ0v) is 12.5. The smallest absolute Gasteiger partial charge is 0.322 e. The van der Waals surface area contributed by atoms with Crippen LogP contribution in [-0.2, 0) is 9.59 Å². The summed E-state index contributed by atoms with van der Waals surface area (Å²) in [4.78, 5) is 40.2. The van der Waals surface area contributed by atoms with Gasteiger partial charge in [0, 0.05) is 20.0 Å². The molecule has 4 amide bonds. The maximum Gasteiger partial charge on any atom is 0.322 e. The fourth-order valence-electron chi connectivity index (χ4n) is 2.56. The van der Waals surface area contributed by atoms with E-state index in [1.165, 1.54) is 0 Å². The van der Waals surface area contributed by atoms with Crippen LogP contribution in [0, 0.1) is 0 Å². The molecule has 2 fully saturated rings. The van der Waals surface area contributed by atoms with Crippen molar-refractivity contribution >= 4 is 29.8 Å². The van der Waals surface area contributed by atoms with E-state index in [2.05, 4.69) is 15.6 Å². The molecule has 2 N–H and O–H groups in total. The zero-order chi connectivity index (χ0) is 16.4. The Morgan fingerprint density at radius 1 is 1.39 bits per heavy atom. The lowest BCUT2D eigenvalue weighted by atomic mass is 10.2. The Balaban J connectivity index is 1.72.